The fourth-order valence-electron chi connectivity index (χ4n) is 3.77. The SMILES string of the molecule is CC(C)(C)OC(=O)NC1CCC(S(=O)(=O)c2ccc(-c3ccnc(C(N)=O)c3)cc2)CC1. The summed E-state index contributed by atoms with van der Waals surface area (Å²) in [6, 6.07) is 9.80. The second-order valence-electron chi connectivity index (χ2n) is 8.98. The van der Waals surface area contributed by atoms with Crippen LogP contribution in [-0.4, -0.2) is 42.3 Å². The predicted octanol–water partition coefficient (Wildman–Crippen LogP) is 3.46. The summed E-state index contributed by atoms with van der Waals surface area (Å²) in [5.41, 5.74) is 6.34. The van der Waals surface area contributed by atoms with Crippen molar-refractivity contribution in [2.75, 3.05) is 0 Å². The molecule has 1 aromatic heterocycles. The van der Waals surface area contributed by atoms with Crippen LogP contribution in [0.2, 0.25) is 0 Å². The molecule has 0 unspecified atom stereocenters. The van der Waals surface area contributed by atoms with E-state index in [4.69, 9.17) is 10.5 Å². The lowest BCUT2D eigenvalue weighted by Gasteiger charge is -2.30. The Balaban J connectivity index is 1.64. The fourth-order valence-corrected chi connectivity index (χ4v) is 5.56. The predicted molar refractivity (Wildman–Crippen MR) is 121 cm³/mol. The lowest BCUT2D eigenvalue weighted by molar-refractivity contribution is 0.0493. The van der Waals surface area contributed by atoms with Gasteiger partial charge >= 0.3 is 6.09 Å². The molecule has 2 aromatic rings. The molecule has 1 fully saturated rings. The summed E-state index contributed by atoms with van der Waals surface area (Å²) in [5.74, 6) is -0.622. The third kappa shape index (κ3) is 5.85. The van der Waals surface area contributed by atoms with Gasteiger partial charge in [0, 0.05) is 12.2 Å². The second-order valence-corrected chi connectivity index (χ2v) is 11.2. The number of hydrogen-bond acceptors (Lipinski definition) is 6. The molecule has 1 aliphatic carbocycles. The molecule has 3 N–H and O–H groups in total. The Labute approximate surface area is 188 Å². The molecule has 0 bridgehead atoms. The van der Waals surface area contributed by atoms with E-state index in [1.807, 2.05) is 0 Å². The highest BCUT2D eigenvalue weighted by Gasteiger charge is 2.33. The maximum Gasteiger partial charge on any atom is 0.407 e. The van der Waals surface area contributed by atoms with Gasteiger partial charge in [0.2, 0.25) is 0 Å². The van der Waals surface area contributed by atoms with Gasteiger partial charge in [-0.1, -0.05) is 12.1 Å². The molecule has 172 valence electrons. The number of alkyl carbamates (subject to hydrolysis) is 1. The standard InChI is InChI=1S/C23H29N3O5S/c1-23(2,3)31-22(28)26-17-6-10-19(11-7-17)32(29,30)18-8-4-15(5-9-18)16-12-13-25-20(14-16)21(24)27/h4-5,8-9,12-14,17,19H,6-7,10-11H2,1-3H3,(H2,24,27)(H,26,28). The van der Waals surface area contributed by atoms with Crippen molar-refractivity contribution < 1.29 is 22.7 Å². The third-order valence-electron chi connectivity index (χ3n) is 5.36. The smallest absolute Gasteiger partial charge is 0.407 e. The van der Waals surface area contributed by atoms with E-state index in [-0.39, 0.29) is 16.6 Å². The molecule has 32 heavy (non-hydrogen) atoms. The van der Waals surface area contributed by atoms with Crippen LogP contribution in [0.5, 0.6) is 0 Å². The number of nitrogens with two attached hydrogens (primary N) is 1. The van der Waals surface area contributed by atoms with Crippen LogP contribution in [0.1, 0.15) is 56.9 Å². The van der Waals surface area contributed by atoms with E-state index in [1.165, 1.54) is 6.20 Å². The Kier molecular flexibility index (Phi) is 6.88. The van der Waals surface area contributed by atoms with Crippen molar-refractivity contribution in [2.24, 2.45) is 5.73 Å². The maximum absolute atomic E-state index is 13.1. The van der Waals surface area contributed by atoms with E-state index >= 15 is 0 Å². The number of rotatable bonds is 5. The van der Waals surface area contributed by atoms with E-state index in [9.17, 15) is 18.0 Å². The topological polar surface area (TPSA) is 128 Å². The number of benzene rings is 1. The first kappa shape index (κ1) is 23.7. The van der Waals surface area contributed by atoms with Gasteiger partial charge in [0.1, 0.15) is 11.3 Å². The summed E-state index contributed by atoms with van der Waals surface area (Å²) >= 11 is 0. The third-order valence-corrected chi connectivity index (χ3v) is 7.64. The van der Waals surface area contributed by atoms with Gasteiger partial charge in [-0.25, -0.2) is 13.2 Å². The Morgan fingerprint density at radius 1 is 1.03 bits per heavy atom. The summed E-state index contributed by atoms with van der Waals surface area (Å²) in [5, 5.41) is 2.34. The van der Waals surface area contributed by atoms with Crippen LogP contribution in [0.15, 0.2) is 47.5 Å². The van der Waals surface area contributed by atoms with Crippen molar-refractivity contribution in [3.63, 3.8) is 0 Å². The number of sulfone groups is 1. The molecule has 0 atom stereocenters. The summed E-state index contributed by atoms with van der Waals surface area (Å²) < 4.78 is 31.5. The van der Waals surface area contributed by atoms with Crippen molar-refractivity contribution in [3.05, 3.63) is 48.3 Å². The Hall–Kier alpha value is -2.94. The van der Waals surface area contributed by atoms with Crippen LogP contribution in [0.25, 0.3) is 11.1 Å². The average Bonchev–Trinajstić information content (AvgIpc) is 2.73. The molecular weight excluding hydrogens is 430 g/mol. The minimum absolute atomic E-state index is 0.0928. The normalized spacial score (nSPS) is 19.2. The summed E-state index contributed by atoms with van der Waals surface area (Å²) in [4.78, 5) is 27.5. The number of nitrogens with one attached hydrogen (secondary N) is 1. The fraction of sp³-hybridized carbons (Fsp3) is 0.435. The number of ether oxygens (including phenoxy) is 1. The molecule has 9 heteroatoms. The molecular formula is C23H29N3O5S. The molecule has 8 nitrogen and oxygen atoms in total. The van der Waals surface area contributed by atoms with E-state index in [0.29, 0.717) is 25.7 Å². The first-order chi connectivity index (χ1) is 15.0. The van der Waals surface area contributed by atoms with E-state index in [1.54, 1.807) is 57.2 Å². The van der Waals surface area contributed by atoms with Crippen molar-refractivity contribution in [1.82, 2.24) is 10.3 Å². The maximum atomic E-state index is 13.1. The first-order valence-corrected chi connectivity index (χ1v) is 12.1. The Bertz CT molecular complexity index is 1080. The first-order valence-electron chi connectivity index (χ1n) is 10.6. The van der Waals surface area contributed by atoms with E-state index < -0.39 is 32.7 Å². The molecule has 1 aliphatic rings. The highest BCUT2D eigenvalue weighted by molar-refractivity contribution is 7.92. The lowest BCUT2D eigenvalue weighted by atomic mass is 9.95. The van der Waals surface area contributed by atoms with Gasteiger partial charge in [0.05, 0.1) is 10.1 Å². The Morgan fingerprint density at radius 2 is 1.66 bits per heavy atom. The van der Waals surface area contributed by atoms with Crippen molar-refractivity contribution in [1.29, 1.82) is 0 Å². The van der Waals surface area contributed by atoms with Gasteiger partial charge in [-0.05, 0) is 81.8 Å². The number of pyridine rings is 1. The van der Waals surface area contributed by atoms with Gasteiger partial charge in [-0.2, -0.15) is 0 Å². The molecule has 1 aromatic carbocycles. The highest BCUT2D eigenvalue weighted by Crippen LogP contribution is 2.30. The lowest BCUT2D eigenvalue weighted by Crippen LogP contribution is -2.42. The van der Waals surface area contributed by atoms with Gasteiger partial charge in [-0.15, -0.1) is 0 Å². The summed E-state index contributed by atoms with van der Waals surface area (Å²) in [6.07, 6.45) is 3.11. The molecule has 0 saturated heterocycles. The quantitative estimate of drug-likeness (QED) is 0.705. The number of amides is 2. The zero-order valence-electron chi connectivity index (χ0n) is 18.5. The molecule has 0 radical (unpaired) electrons. The molecule has 0 aliphatic heterocycles. The minimum atomic E-state index is -3.49. The summed E-state index contributed by atoms with van der Waals surface area (Å²) in [6.45, 7) is 5.39. The van der Waals surface area contributed by atoms with E-state index in [2.05, 4.69) is 10.3 Å². The van der Waals surface area contributed by atoms with Crippen LogP contribution in [0.4, 0.5) is 4.79 Å². The van der Waals surface area contributed by atoms with Crippen molar-refractivity contribution in [2.45, 2.75) is 68.2 Å². The number of primary amides is 1. The van der Waals surface area contributed by atoms with Gasteiger partial charge in [0.15, 0.2) is 9.84 Å². The van der Waals surface area contributed by atoms with Crippen LogP contribution < -0.4 is 11.1 Å². The van der Waals surface area contributed by atoms with Gasteiger partial charge in [-0.3, -0.25) is 9.78 Å². The minimum Gasteiger partial charge on any atom is -0.444 e. The highest BCUT2D eigenvalue weighted by atomic mass is 32.2. The van der Waals surface area contributed by atoms with Crippen LogP contribution >= 0.6 is 0 Å². The van der Waals surface area contributed by atoms with Crippen LogP contribution in [0.3, 0.4) is 0 Å². The molecule has 1 heterocycles. The number of nitrogens with zero attached hydrogens (tertiary/aromatic N) is 1. The second kappa shape index (κ2) is 9.28. The van der Waals surface area contributed by atoms with Crippen molar-refractivity contribution in [3.8, 4) is 11.1 Å². The van der Waals surface area contributed by atoms with Crippen molar-refractivity contribution >= 4 is 21.8 Å². The van der Waals surface area contributed by atoms with Gasteiger partial charge in [0.25, 0.3) is 5.91 Å². The van der Waals surface area contributed by atoms with Crippen LogP contribution in [-0.2, 0) is 14.6 Å². The summed E-state index contributed by atoms with van der Waals surface area (Å²) in [7, 11) is -3.49. The number of carbonyl (C=O) groups excluding carboxylic acids is 2. The molecule has 1 saturated carbocycles. The number of aromatic nitrogens is 1. The van der Waals surface area contributed by atoms with Gasteiger partial charge < -0.3 is 15.8 Å². The largest absolute Gasteiger partial charge is 0.444 e. The Morgan fingerprint density at radius 3 is 2.22 bits per heavy atom. The number of hydrogen-bond donors (Lipinski definition) is 2. The van der Waals surface area contributed by atoms with E-state index in [0.717, 1.165) is 11.1 Å². The molecule has 2 amide bonds. The average molecular weight is 460 g/mol. The number of carbonyl (C=O) groups is 2. The zero-order valence-corrected chi connectivity index (χ0v) is 19.3. The molecule has 0 spiro atoms. The zero-order chi connectivity index (χ0) is 23.5. The monoisotopic (exact) mass is 459 g/mol. The van der Waals surface area contributed by atoms with Crippen LogP contribution in [0, 0.1) is 0 Å². The molecule has 3 rings (SSSR count).